The molecule has 0 bridgehead atoms. The Morgan fingerprint density at radius 3 is 2.52 bits per heavy atom. The van der Waals surface area contributed by atoms with Crippen LogP contribution in [0.4, 0.5) is 0 Å². The number of nitrogens with one attached hydrogen (secondary N) is 1. The van der Waals surface area contributed by atoms with Crippen molar-refractivity contribution < 1.29 is 19.4 Å². The van der Waals surface area contributed by atoms with Crippen molar-refractivity contribution >= 4 is 35.2 Å². The van der Waals surface area contributed by atoms with E-state index in [0.29, 0.717) is 42.6 Å². The Balaban J connectivity index is 1.81. The number of amides is 1. The summed E-state index contributed by atoms with van der Waals surface area (Å²) >= 11 is 7.33. The number of carboxylic acid groups (broad SMARTS) is 1. The third kappa shape index (κ3) is 6.05. The molecule has 0 saturated carbocycles. The van der Waals surface area contributed by atoms with Crippen LogP contribution in [0.15, 0.2) is 24.3 Å². The Bertz CT molecular complexity index is 544. The molecular formula is C16H20ClNO4S. The maximum atomic E-state index is 12.2. The fourth-order valence-electron chi connectivity index (χ4n) is 2.57. The highest BCUT2D eigenvalue weighted by Crippen LogP contribution is 2.25. The van der Waals surface area contributed by atoms with E-state index in [0.717, 1.165) is 5.56 Å². The van der Waals surface area contributed by atoms with Crippen LogP contribution in [-0.4, -0.2) is 41.5 Å². The normalized spacial score (nSPS) is 16.7. The van der Waals surface area contributed by atoms with Crippen LogP contribution < -0.4 is 5.32 Å². The average Bonchev–Trinajstić information content (AvgIpc) is 2.49. The van der Waals surface area contributed by atoms with E-state index in [1.54, 1.807) is 0 Å². The second-order valence-electron chi connectivity index (χ2n) is 5.63. The fraction of sp³-hybridized carbons (Fsp3) is 0.500. The number of carboxylic acids is 1. The molecule has 1 saturated heterocycles. The Hall–Kier alpha value is -1.24. The molecule has 7 heteroatoms. The number of aliphatic carboxylic acids is 1. The predicted octanol–water partition coefficient (Wildman–Crippen LogP) is 2.71. The zero-order valence-electron chi connectivity index (χ0n) is 12.7. The maximum Gasteiger partial charge on any atom is 0.305 e. The van der Waals surface area contributed by atoms with Gasteiger partial charge in [-0.15, -0.1) is 11.8 Å². The molecule has 0 unspecified atom stereocenters. The quantitative estimate of drug-likeness (QED) is 0.784. The second kappa shape index (κ2) is 8.57. The van der Waals surface area contributed by atoms with Crippen molar-refractivity contribution in [1.82, 2.24) is 5.32 Å². The van der Waals surface area contributed by atoms with Crippen LogP contribution in [0.1, 0.15) is 24.8 Å². The van der Waals surface area contributed by atoms with Gasteiger partial charge in [0.15, 0.2) is 0 Å². The van der Waals surface area contributed by atoms with Crippen LogP contribution in [0.5, 0.6) is 0 Å². The lowest BCUT2D eigenvalue weighted by atomic mass is 9.86. The zero-order valence-corrected chi connectivity index (χ0v) is 14.3. The lowest BCUT2D eigenvalue weighted by Crippen LogP contribution is -2.53. The summed E-state index contributed by atoms with van der Waals surface area (Å²) in [6, 6.07) is 7.50. The maximum absolute atomic E-state index is 12.2. The summed E-state index contributed by atoms with van der Waals surface area (Å²) in [6.07, 6.45) is 1.00. The first-order valence-electron chi connectivity index (χ1n) is 7.42. The fourth-order valence-corrected chi connectivity index (χ4v) is 3.49. The number of thioether (sulfide) groups is 1. The highest BCUT2D eigenvalue weighted by Gasteiger charge is 2.36. The first-order chi connectivity index (χ1) is 11.0. The summed E-state index contributed by atoms with van der Waals surface area (Å²) in [5.74, 6) is -0.0297. The van der Waals surface area contributed by atoms with E-state index in [4.69, 9.17) is 21.4 Å². The molecule has 5 nitrogen and oxygen atoms in total. The summed E-state index contributed by atoms with van der Waals surface area (Å²) in [7, 11) is 0. The van der Waals surface area contributed by atoms with Crippen LogP contribution in [0.2, 0.25) is 5.02 Å². The largest absolute Gasteiger partial charge is 0.481 e. The number of benzene rings is 1. The molecule has 1 aromatic rings. The number of hydrogen-bond acceptors (Lipinski definition) is 4. The molecule has 0 aliphatic carbocycles. The molecule has 1 amide bonds. The van der Waals surface area contributed by atoms with Gasteiger partial charge in [-0.05, 0) is 30.5 Å². The summed E-state index contributed by atoms with van der Waals surface area (Å²) in [5, 5.41) is 12.7. The molecule has 0 atom stereocenters. The van der Waals surface area contributed by atoms with Crippen molar-refractivity contribution in [2.75, 3.05) is 19.0 Å². The van der Waals surface area contributed by atoms with Gasteiger partial charge in [0.25, 0.3) is 0 Å². The van der Waals surface area contributed by atoms with E-state index < -0.39 is 11.5 Å². The van der Waals surface area contributed by atoms with Crippen LogP contribution in [0.3, 0.4) is 0 Å². The van der Waals surface area contributed by atoms with Crippen LogP contribution in [0, 0.1) is 0 Å². The van der Waals surface area contributed by atoms with Gasteiger partial charge in [0, 0.05) is 24.0 Å². The average molecular weight is 358 g/mol. The van der Waals surface area contributed by atoms with Crippen molar-refractivity contribution in [1.29, 1.82) is 0 Å². The molecule has 1 fully saturated rings. The van der Waals surface area contributed by atoms with Crippen LogP contribution >= 0.6 is 23.4 Å². The number of rotatable bonds is 7. The number of carbonyl (C=O) groups is 2. The van der Waals surface area contributed by atoms with E-state index in [1.807, 2.05) is 24.3 Å². The first-order valence-corrected chi connectivity index (χ1v) is 8.95. The number of hydrogen-bond donors (Lipinski definition) is 2. The van der Waals surface area contributed by atoms with Gasteiger partial charge in [0.2, 0.25) is 5.91 Å². The van der Waals surface area contributed by atoms with Crippen molar-refractivity contribution in [3.05, 3.63) is 34.9 Å². The highest BCUT2D eigenvalue weighted by atomic mass is 35.5. The van der Waals surface area contributed by atoms with Crippen LogP contribution in [-0.2, 0) is 20.1 Å². The van der Waals surface area contributed by atoms with Crippen LogP contribution in [0.25, 0.3) is 0 Å². The van der Waals surface area contributed by atoms with Gasteiger partial charge in [0.1, 0.15) is 0 Å². The summed E-state index contributed by atoms with van der Waals surface area (Å²) < 4.78 is 5.28. The summed E-state index contributed by atoms with van der Waals surface area (Å²) in [4.78, 5) is 23.2. The second-order valence-corrected chi connectivity index (χ2v) is 7.05. The molecule has 1 aromatic carbocycles. The molecule has 0 spiro atoms. The molecule has 1 heterocycles. The number of carbonyl (C=O) groups excluding carboxylic acids is 1. The highest BCUT2D eigenvalue weighted by molar-refractivity contribution is 7.99. The molecular weight excluding hydrogens is 338 g/mol. The Morgan fingerprint density at radius 2 is 1.91 bits per heavy atom. The van der Waals surface area contributed by atoms with E-state index in [2.05, 4.69) is 5.32 Å². The van der Waals surface area contributed by atoms with Gasteiger partial charge in [-0.2, -0.15) is 0 Å². The van der Waals surface area contributed by atoms with E-state index in [-0.39, 0.29) is 12.3 Å². The number of halogens is 1. The predicted molar refractivity (Wildman–Crippen MR) is 90.8 cm³/mol. The topological polar surface area (TPSA) is 75.6 Å². The summed E-state index contributed by atoms with van der Waals surface area (Å²) in [6.45, 7) is 0.955. The molecule has 2 N–H and O–H groups in total. The minimum Gasteiger partial charge on any atom is -0.481 e. The minimum absolute atomic E-state index is 0.0655. The van der Waals surface area contributed by atoms with Crippen molar-refractivity contribution in [2.24, 2.45) is 0 Å². The molecule has 23 heavy (non-hydrogen) atoms. The summed E-state index contributed by atoms with van der Waals surface area (Å²) in [5.41, 5.74) is 0.417. The zero-order chi connectivity index (χ0) is 16.7. The minimum atomic E-state index is -0.902. The Labute approximate surface area is 144 Å². The standard InChI is InChI=1S/C16H20ClNO4S/c17-13-3-1-12(2-4-13)10-23-11-14(19)18-16(9-15(20)21)5-7-22-8-6-16/h1-4H,5-11H2,(H,18,19)(H,20,21). The van der Waals surface area contributed by atoms with Gasteiger partial charge in [0.05, 0.1) is 17.7 Å². The van der Waals surface area contributed by atoms with E-state index >= 15 is 0 Å². The van der Waals surface area contributed by atoms with E-state index in [1.165, 1.54) is 11.8 Å². The van der Waals surface area contributed by atoms with Gasteiger partial charge >= 0.3 is 5.97 Å². The first kappa shape index (κ1) is 18.1. The Morgan fingerprint density at radius 1 is 1.26 bits per heavy atom. The smallest absolute Gasteiger partial charge is 0.305 e. The lowest BCUT2D eigenvalue weighted by molar-refractivity contribution is -0.140. The third-order valence-electron chi connectivity index (χ3n) is 3.76. The molecule has 0 radical (unpaired) electrons. The van der Waals surface area contributed by atoms with E-state index in [9.17, 15) is 9.59 Å². The SMILES string of the molecule is O=C(O)CC1(NC(=O)CSCc2ccc(Cl)cc2)CCOCC1. The molecule has 126 valence electrons. The molecule has 0 aromatic heterocycles. The van der Waals surface area contributed by atoms with Crippen molar-refractivity contribution in [3.63, 3.8) is 0 Å². The monoisotopic (exact) mass is 357 g/mol. The molecule has 2 rings (SSSR count). The van der Waals surface area contributed by atoms with Crippen molar-refractivity contribution in [2.45, 2.75) is 30.6 Å². The Kier molecular flexibility index (Phi) is 6.74. The van der Waals surface area contributed by atoms with Gasteiger partial charge in [-0.1, -0.05) is 23.7 Å². The van der Waals surface area contributed by atoms with Crippen molar-refractivity contribution in [3.8, 4) is 0 Å². The molecule has 1 aliphatic heterocycles. The third-order valence-corrected chi connectivity index (χ3v) is 5.01. The lowest BCUT2D eigenvalue weighted by Gasteiger charge is -2.36. The van der Waals surface area contributed by atoms with Gasteiger partial charge < -0.3 is 15.2 Å². The number of ether oxygens (including phenoxy) is 1. The molecule has 1 aliphatic rings. The van der Waals surface area contributed by atoms with Gasteiger partial charge in [-0.3, -0.25) is 9.59 Å². The van der Waals surface area contributed by atoms with Gasteiger partial charge in [-0.25, -0.2) is 0 Å².